The average Bonchev–Trinajstić information content (AvgIpc) is 3.11. The van der Waals surface area contributed by atoms with Crippen LogP contribution < -0.4 is 16.2 Å². The van der Waals surface area contributed by atoms with Gasteiger partial charge >= 0.3 is 0 Å². The highest BCUT2D eigenvalue weighted by atomic mass is 35.5. The van der Waals surface area contributed by atoms with E-state index in [-0.39, 0.29) is 41.8 Å². The summed E-state index contributed by atoms with van der Waals surface area (Å²) in [5, 5.41) is 9.29. The van der Waals surface area contributed by atoms with Gasteiger partial charge < -0.3 is 15.2 Å². The van der Waals surface area contributed by atoms with Crippen LogP contribution in [0.15, 0.2) is 22.4 Å². The molecule has 1 aliphatic heterocycles. The lowest BCUT2D eigenvalue weighted by atomic mass is 9.99. The topological polar surface area (TPSA) is 76.0 Å². The van der Waals surface area contributed by atoms with E-state index in [2.05, 4.69) is 22.5 Å². The van der Waals surface area contributed by atoms with E-state index >= 15 is 0 Å². The van der Waals surface area contributed by atoms with Crippen LogP contribution in [0, 0.1) is 12.8 Å². The molecule has 0 bridgehead atoms. The monoisotopic (exact) mass is 460 g/mol. The molecule has 0 aliphatic carbocycles. The Kier molecular flexibility index (Phi) is 10.9. The van der Waals surface area contributed by atoms with Crippen LogP contribution in [0.1, 0.15) is 52.8 Å². The van der Waals surface area contributed by atoms with Gasteiger partial charge in [0.2, 0.25) is 0 Å². The molecule has 0 aromatic carbocycles. The van der Waals surface area contributed by atoms with E-state index in [4.69, 9.17) is 0 Å². The van der Waals surface area contributed by atoms with Crippen molar-refractivity contribution in [3.8, 4) is 0 Å². The molecule has 1 amide bonds. The summed E-state index contributed by atoms with van der Waals surface area (Å²) in [5.41, 5.74) is 1.59. The summed E-state index contributed by atoms with van der Waals surface area (Å²) >= 11 is 1.62. The van der Waals surface area contributed by atoms with Gasteiger partial charge in [-0.2, -0.15) is 0 Å². The van der Waals surface area contributed by atoms with Gasteiger partial charge in [0.05, 0.1) is 17.2 Å². The molecule has 3 rings (SSSR count). The Morgan fingerprint density at radius 3 is 2.90 bits per heavy atom. The molecule has 2 aromatic heterocycles. The molecule has 0 saturated carbocycles. The van der Waals surface area contributed by atoms with Gasteiger partial charge in [0, 0.05) is 18.1 Å². The Morgan fingerprint density at radius 1 is 1.41 bits per heavy atom. The largest absolute Gasteiger partial charge is 0.346 e. The minimum Gasteiger partial charge on any atom is -0.346 e. The fourth-order valence-electron chi connectivity index (χ4n) is 3.46. The first kappa shape index (κ1) is 25.6. The Labute approximate surface area is 188 Å². The Bertz CT molecular complexity index is 847. The van der Waals surface area contributed by atoms with Crippen molar-refractivity contribution in [3.63, 3.8) is 0 Å². The molecule has 6 nitrogen and oxygen atoms in total. The van der Waals surface area contributed by atoms with E-state index in [0.717, 1.165) is 49.5 Å². The van der Waals surface area contributed by atoms with Crippen molar-refractivity contribution in [1.29, 1.82) is 0 Å². The molecule has 0 radical (unpaired) electrons. The zero-order chi connectivity index (χ0) is 19.2. The van der Waals surface area contributed by atoms with Gasteiger partial charge in [-0.1, -0.05) is 6.92 Å². The number of carbonyl (C=O) groups excluding carboxylic acids is 1. The normalized spacial score (nSPS) is 15.9. The first-order chi connectivity index (χ1) is 13.1. The number of nitrogens with one attached hydrogen (secondary N) is 2. The number of carbonyl (C=O) groups is 1. The number of aromatic nitrogens is 2. The minimum absolute atomic E-state index is 0. The zero-order valence-electron chi connectivity index (χ0n) is 16.9. The predicted molar refractivity (Wildman–Crippen MR) is 123 cm³/mol. The van der Waals surface area contributed by atoms with E-state index in [9.17, 15) is 9.59 Å². The maximum absolute atomic E-state index is 12.9. The summed E-state index contributed by atoms with van der Waals surface area (Å²) in [6.45, 7) is 6.90. The number of pyridine rings is 1. The number of thiazole rings is 1. The lowest BCUT2D eigenvalue weighted by Gasteiger charge is -2.23. The molecule has 162 valence electrons. The van der Waals surface area contributed by atoms with E-state index in [1.165, 1.54) is 0 Å². The first-order valence-electron chi connectivity index (χ1n) is 9.70. The highest BCUT2D eigenvalue weighted by Crippen LogP contribution is 2.13. The second kappa shape index (κ2) is 12.3. The fourth-order valence-corrected chi connectivity index (χ4v) is 4.36. The van der Waals surface area contributed by atoms with E-state index in [1.54, 1.807) is 22.1 Å². The van der Waals surface area contributed by atoms with Gasteiger partial charge in [0.15, 0.2) is 0 Å². The summed E-state index contributed by atoms with van der Waals surface area (Å²) < 4.78 is 1.68. The van der Waals surface area contributed by atoms with Crippen molar-refractivity contribution in [2.45, 2.75) is 52.6 Å². The quantitative estimate of drug-likeness (QED) is 0.663. The third-order valence-corrected chi connectivity index (χ3v) is 5.91. The van der Waals surface area contributed by atoms with Crippen LogP contribution >= 0.6 is 36.2 Å². The van der Waals surface area contributed by atoms with Gasteiger partial charge in [-0.05, 0) is 63.2 Å². The molecule has 1 fully saturated rings. The number of piperidine rings is 1. The lowest BCUT2D eigenvalue weighted by molar-refractivity contribution is 0.0947. The minimum atomic E-state index is -0.321. The van der Waals surface area contributed by atoms with Gasteiger partial charge in [-0.15, -0.1) is 36.2 Å². The molecular weight excluding hydrogens is 431 g/mol. The van der Waals surface area contributed by atoms with E-state index < -0.39 is 0 Å². The van der Waals surface area contributed by atoms with Gasteiger partial charge in [0.25, 0.3) is 11.5 Å². The van der Waals surface area contributed by atoms with E-state index in [1.807, 2.05) is 18.4 Å². The van der Waals surface area contributed by atoms with Crippen LogP contribution in [0.2, 0.25) is 0 Å². The lowest BCUT2D eigenvalue weighted by Crippen LogP contribution is -2.37. The van der Waals surface area contributed by atoms with Crippen LogP contribution in [0.3, 0.4) is 0 Å². The van der Waals surface area contributed by atoms with Crippen molar-refractivity contribution in [2.75, 3.05) is 13.1 Å². The van der Waals surface area contributed by atoms with Gasteiger partial charge in [-0.3, -0.25) is 9.59 Å². The van der Waals surface area contributed by atoms with Gasteiger partial charge in [0.1, 0.15) is 5.56 Å². The molecule has 1 saturated heterocycles. The van der Waals surface area contributed by atoms with Crippen LogP contribution in [0.5, 0.6) is 0 Å². The molecule has 3 heterocycles. The molecular formula is C20H30Cl2N4O2S. The van der Waals surface area contributed by atoms with E-state index in [0.29, 0.717) is 24.6 Å². The molecule has 2 aromatic rings. The van der Waals surface area contributed by atoms with Crippen molar-refractivity contribution in [3.05, 3.63) is 49.8 Å². The Balaban J connectivity index is 0.00000210. The second-order valence-corrected chi connectivity index (χ2v) is 8.15. The van der Waals surface area contributed by atoms with Gasteiger partial charge in [-0.25, -0.2) is 4.98 Å². The van der Waals surface area contributed by atoms with Crippen LogP contribution in [-0.2, 0) is 19.5 Å². The predicted octanol–water partition coefficient (Wildman–Crippen LogP) is 3.34. The van der Waals surface area contributed by atoms with Crippen molar-refractivity contribution < 1.29 is 4.79 Å². The smallest absolute Gasteiger partial charge is 0.263 e. The number of rotatable bonds is 7. The standard InChI is InChI=1S/C20H28N4O2S.2ClH/c1-3-5-17-23-16(13-27-17)11-22-19(25)18-14(2)7-9-24(20(18)26)12-15-6-4-8-21-10-15;;/h7,9,13,15,21H,3-6,8,10-12H2,1-2H3,(H,22,25);2*1H. The van der Waals surface area contributed by atoms with Crippen LogP contribution in [0.4, 0.5) is 0 Å². The molecule has 1 unspecified atom stereocenters. The van der Waals surface area contributed by atoms with Crippen molar-refractivity contribution in [2.24, 2.45) is 5.92 Å². The summed E-state index contributed by atoms with van der Waals surface area (Å²) in [5.74, 6) is 0.112. The fraction of sp³-hybridized carbons (Fsp3) is 0.550. The molecule has 1 aliphatic rings. The summed E-state index contributed by atoms with van der Waals surface area (Å²) in [6, 6.07) is 1.86. The Hall–Kier alpha value is -1.41. The molecule has 0 spiro atoms. The number of hydrogen-bond acceptors (Lipinski definition) is 5. The van der Waals surface area contributed by atoms with Crippen LogP contribution in [-0.4, -0.2) is 28.5 Å². The summed E-state index contributed by atoms with van der Waals surface area (Å²) in [6.07, 6.45) is 6.06. The first-order valence-corrected chi connectivity index (χ1v) is 10.6. The summed E-state index contributed by atoms with van der Waals surface area (Å²) in [4.78, 5) is 30.1. The maximum Gasteiger partial charge on any atom is 0.263 e. The van der Waals surface area contributed by atoms with Crippen molar-refractivity contribution in [1.82, 2.24) is 20.2 Å². The number of halogens is 2. The number of hydrogen-bond donors (Lipinski definition) is 2. The number of nitrogens with zero attached hydrogens (tertiary/aromatic N) is 2. The SMILES string of the molecule is CCCc1nc(CNC(=O)c2c(C)ccn(CC3CCCNC3)c2=O)cs1.Cl.Cl. The zero-order valence-corrected chi connectivity index (χ0v) is 19.4. The number of amides is 1. The number of aryl methyl sites for hydroxylation is 2. The Morgan fingerprint density at radius 2 is 2.21 bits per heavy atom. The highest BCUT2D eigenvalue weighted by molar-refractivity contribution is 7.09. The molecule has 2 N–H and O–H groups in total. The third-order valence-electron chi connectivity index (χ3n) is 4.95. The molecule has 29 heavy (non-hydrogen) atoms. The third kappa shape index (κ3) is 6.81. The maximum atomic E-state index is 12.9. The summed E-state index contributed by atoms with van der Waals surface area (Å²) in [7, 11) is 0. The molecule has 9 heteroatoms. The second-order valence-electron chi connectivity index (χ2n) is 7.21. The average molecular weight is 461 g/mol. The van der Waals surface area contributed by atoms with Crippen molar-refractivity contribution >= 4 is 42.1 Å². The highest BCUT2D eigenvalue weighted by Gasteiger charge is 2.19. The van der Waals surface area contributed by atoms with Crippen LogP contribution in [0.25, 0.3) is 0 Å². The molecule has 1 atom stereocenters.